The van der Waals surface area contributed by atoms with E-state index in [1.54, 1.807) is 0 Å². The van der Waals surface area contributed by atoms with Gasteiger partial charge in [0, 0.05) is 19.1 Å². The van der Waals surface area contributed by atoms with Crippen LogP contribution in [0.3, 0.4) is 0 Å². The van der Waals surface area contributed by atoms with Crippen molar-refractivity contribution in [3.63, 3.8) is 0 Å². The maximum atomic E-state index is 9.21. The second kappa shape index (κ2) is 6.88. The van der Waals surface area contributed by atoms with Gasteiger partial charge >= 0.3 is 0 Å². The summed E-state index contributed by atoms with van der Waals surface area (Å²) in [6, 6.07) is 10.5. The molecule has 1 fully saturated rings. The van der Waals surface area contributed by atoms with Crippen LogP contribution in [0.15, 0.2) is 30.3 Å². The van der Waals surface area contributed by atoms with E-state index in [9.17, 15) is 5.11 Å². The Kier molecular flexibility index (Phi) is 5.17. The van der Waals surface area contributed by atoms with Crippen LogP contribution >= 0.6 is 0 Å². The molecule has 18 heavy (non-hydrogen) atoms. The molecule has 1 saturated heterocycles. The van der Waals surface area contributed by atoms with Crippen molar-refractivity contribution < 1.29 is 5.11 Å². The molecule has 3 N–H and O–H groups in total. The molecule has 0 radical (unpaired) electrons. The number of nitrogens with zero attached hydrogens (tertiary/aromatic N) is 1. The van der Waals surface area contributed by atoms with Gasteiger partial charge in [-0.3, -0.25) is 4.90 Å². The lowest BCUT2D eigenvalue weighted by atomic mass is 9.95. The number of hydrogen-bond donors (Lipinski definition) is 2. The molecule has 0 spiro atoms. The normalized spacial score (nSPS) is 23.6. The Bertz CT molecular complexity index is 342. The Hall–Kier alpha value is -0.900. The molecule has 0 amide bonds. The zero-order valence-electron chi connectivity index (χ0n) is 11.0. The zero-order chi connectivity index (χ0) is 12.8. The highest BCUT2D eigenvalue weighted by Crippen LogP contribution is 2.20. The van der Waals surface area contributed by atoms with E-state index in [2.05, 4.69) is 35.2 Å². The predicted octanol–water partition coefficient (Wildman–Crippen LogP) is 1.61. The first-order valence-electron chi connectivity index (χ1n) is 6.92. The van der Waals surface area contributed by atoms with E-state index in [1.807, 2.05) is 0 Å². The van der Waals surface area contributed by atoms with Crippen molar-refractivity contribution in [2.24, 2.45) is 11.7 Å². The van der Waals surface area contributed by atoms with E-state index in [0.717, 1.165) is 26.1 Å². The highest BCUT2D eigenvalue weighted by atomic mass is 16.3. The molecule has 1 aliphatic heterocycles. The van der Waals surface area contributed by atoms with E-state index < -0.39 is 0 Å². The summed E-state index contributed by atoms with van der Waals surface area (Å²) in [6.45, 7) is 3.25. The SMILES string of the molecule is NC(CO)C1CCCCN(Cc2ccccc2)C1. The van der Waals surface area contributed by atoms with Gasteiger partial charge in [0.1, 0.15) is 0 Å². The average molecular weight is 248 g/mol. The summed E-state index contributed by atoms with van der Waals surface area (Å²) in [4.78, 5) is 2.47. The van der Waals surface area contributed by atoms with Crippen molar-refractivity contribution in [3.8, 4) is 0 Å². The number of hydrogen-bond acceptors (Lipinski definition) is 3. The third kappa shape index (κ3) is 3.80. The van der Waals surface area contributed by atoms with E-state index in [4.69, 9.17) is 5.73 Å². The summed E-state index contributed by atoms with van der Waals surface area (Å²) in [5, 5.41) is 9.21. The van der Waals surface area contributed by atoms with Crippen LogP contribution in [0.5, 0.6) is 0 Å². The van der Waals surface area contributed by atoms with Crippen molar-refractivity contribution in [3.05, 3.63) is 35.9 Å². The van der Waals surface area contributed by atoms with Crippen molar-refractivity contribution in [2.45, 2.75) is 31.8 Å². The highest BCUT2D eigenvalue weighted by molar-refractivity contribution is 5.14. The fourth-order valence-electron chi connectivity index (χ4n) is 2.74. The third-order valence-electron chi connectivity index (χ3n) is 3.86. The summed E-state index contributed by atoms with van der Waals surface area (Å²) in [5.74, 6) is 0.432. The highest BCUT2D eigenvalue weighted by Gasteiger charge is 2.22. The van der Waals surface area contributed by atoms with Crippen LogP contribution in [0.4, 0.5) is 0 Å². The van der Waals surface area contributed by atoms with Gasteiger partial charge in [-0.1, -0.05) is 36.8 Å². The second-order valence-electron chi connectivity index (χ2n) is 5.32. The van der Waals surface area contributed by atoms with Gasteiger partial charge in [0.05, 0.1) is 6.61 Å². The number of aliphatic hydroxyl groups excluding tert-OH is 1. The molecule has 1 heterocycles. The van der Waals surface area contributed by atoms with Crippen LogP contribution in [-0.4, -0.2) is 35.7 Å². The minimum Gasteiger partial charge on any atom is -0.395 e. The molecule has 2 unspecified atom stereocenters. The van der Waals surface area contributed by atoms with Gasteiger partial charge in [-0.25, -0.2) is 0 Å². The second-order valence-corrected chi connectivity index (χ2v) is 5.32. The predicted molar refractivity (Wildman–Crippen MR) is 74.1 cm³/mol. The molecule has 1 aliphatic rings. The van der Waals surface area contributed by atoms with Crippen LogP contribution < -0.4 is 5.73 Å². The Morgan fingerprint density at radius 1 is 1.28 bits per heavy atom. The van der Waals surface area contributed by atoms with E-state index in [1.165, 1.54) is 18.4 Å². The molecule has 2 rings (SSSR count). The number of likely N-dealkylation sites (tertiary alicyclic amines) is 1. The molecule has 3 nitrogen and oxygen atoms in total. The number of rotatable bonds is 4. The summed E-state index contributed by atoms with van der Waals surface area (Å²) >= 11 is 0. The van der Waals surface area contributed by atoms with Gasteiger partial charge in [0.15, 0.2) is 0 Å². The van der Waals surface area contributed by atoms with Crippen LogP contribution in [0.1, 0.15) is 24.8 Å². The Morgan fingerprint density at radius 2 is 2.06 bits per heavy atom. The fourth-order valence-corrected chi connectivity index (χ4v) is 2.74. The van der Waals surface area contributed by atoms with Gasteiger partial charge in [-0.2, -0.15) is 0 Å². The van der Waals surface area contributed by atoms with Gasteiger partial charge < -0.3 is 10.8 Å². The summed E-state index contributed by atoms with van der Waals surface area (Å²) < 4.78 is 0. The lowest BCUT2D eigenvalue weighted by Crippen LogP contribution is -2.40. The molecule has 1 aromatic rings. The van der Waals surface area contributed by atoms with Crippen molar-refractivity contribution in [1.82, 2.24) is 4.90 Å². The number of nitrogens with two attached hydrogens (primary N) is 1. The Labute approximate surface area is 110 Å². The first kappa shape index (κ1) is 13.5. The Balaban J connectivity index is 1.95. The van der Waals surface area contributed by atoms with E-state index in [0.29, 0.717) is 5.92 Å². The van der Waals surface area contributed by atoms with Crippen molar-refractivity contribution in [1.29, 1.82) is 0 Å². The minimum atomic E-state index is -0.0682. The molecular formula is C15H24N2O. The van der Waals surface area contributed by atoms with Gasteiger partial charge in [-0.05, 0) is 30.9 Å². The molecule has 0 aliphatic carbocycles. The van der Waals surface area contributed by atoms with E-state index >= 15 is 0 Å². The van der Waals surface area contributed by atoms with Gasteiger partial charge in [0.2, 0.25) is 0 Å². The van der Waals surface area contributed by atoms with Crippen molar-refractivity contribution >= 4 is 0 Å². The smallest absolute Gasteiger partial charge is 0.0585 e. The minimum absolute atomic E-state index is 0.0682. The zero-order valence-corrected chi connectivity index (χ0v) is 11.0. The lowest BCUT2D eigenvalue weighted by molar-refractivity contribution is 0.178. The largest absolute Gasteiger partial charge is 0.395 e. The topological polar surface area (TPSA) is 49.5 Å². The Morgan fingerprint density at radius 3 is 2.78 bits per heavy atom. The molecule has 0 bridgehead atoms. The lowest BCUT2D eigenvalue weighted by Gasteiger charge is -2.27. The first-order chi connectivity index (χ1) is 8.79. The summed E-state index contributed by atoms with van der Waals surface area (Å²) in [7, 11) is 0. The molecule has 3 heteroatoms. The molecule has 2 atom stereocenters. The summed E-state index contributed by atoms with van der Waals surface area (Å²) in [5.41, 5.74) is 7.35. The summed E-state index contributed by atoms with van der Waals surface area (Å²) in [6.07, 6.45) is 3.61. The molecule has 1 aromatic carbocycles. The number of benzene rings is 1. The molecular weight excluding hydrogens is 224 g/mol. The number of aliphatic hydroxyl groups is 1. The quantitative estimate of drug-likeness (QED) is 0.851. The molecule has 100 valence electrons. The van der Waals surface area contributed by atoms with Crippen LogP contribution in [0, 0.1) is 5.92 Å². The van der Waals surface area contributed by atoms with Crippen LogP contribution in [-0.2, 0) is 6.54 Å². The monoisotopic (exact) mass is 248 g/mol. The third-order valence-corrected chi connectivity index (χ3v) is 3.86. The van der Waals surface area contributed by atoms with Crippen LogP contribution in [0.2, 0.25) is 0 Å². The fraction of sp³-hybridized carbons (Fsp3) is 0.600. The van der Waals surface area contributed by atoms with Gasteiger partial charge in [0.25, 0.3) is 0 Å². The standard InChI is InChI=1S/C15H24N2O/c16-15(12-18)14-8-4-5-9-17(11-14)10-13-6-2-1-3-7-13/h1-3,6-7,14-15,18H,4-5,8-12,16H2. The maximum absolute atomic E-state index is 9.21. The van der Waals surface area contributed by atoms with Crippen molar-refractivity contribution in [2.75, 3.05) is 19.7 Å². The first-order valence-corrected chi connectivity index (χ1v) is 6.92. The van der Waals surface area contributed by atoms with E-state index in [-0.39, 0.29) is 12.6 Å². The average Bonchev–Trinajstić information content (AvgIpc) is 2.65. The van der Waals surface area contributed by atoms with Crippen LogP contribution in [0.25, 0.3) is 0 Å². The molecule has 0 saturated carbocycles. The molecule has 0 aromatic heterocycles. The maximum Gasteiger partial charge on any atom is 0.0585 e. The van der Waals surface area contributed by atoms with Gasteiger partial charge in [-0.15, -0.1) is 0 Å².